The van der Waals surface area contributed by atoms with Gasteiger partial charge in [-0.25, -0.2) is 0 Å². The van der Waals surface area contributed by atoms with Crippen molar-refractivity contribution in [2.24, 2.45) is 5.92 Å². The molecule has 0 saturated carbocycles. The van der Waals surface area contributed by atoms with Crippen LogP contribution in [0.1, 0.15) is 46.0 Å². The van der Waals surface area contributed by atoms with Crippen molar-refractivity contribution in [1.82, 2.24) is 10.2 Å². The smallest absolute Gasteiger partial charge is 0.225 e. The minimum atomic E-state index is -0.00374. The lowest BCUT2D eigenvalue weighted by Crippen LogP contribution is -2.35. The predicted octanol–water partition coefficient (Wildman–Crippen LogP) is 1.82. The van der Waals surface area contributed by atoms with E-state index < -0.39 is 0 Å². The van der Waals surface area contributed by atoms with E-state index >= 15 is 0 Å². The average molecular weight is 250 g/mol. The van der Waals surface area contributed by atoms with Gasteiger partial charge in [0.25, 0.3) is 0 Å². The number of carbonyl (C=O) groups excluding carboxylic acids is 2. The highest BCUT2D eigenvalue weighted by Gasteiger charge is 2.36. The third kappa shape index (κ3) is 2.92. The molecule has 18 heavy (non-hydrogen) atoms. The number of fused-ring (bicyclic) bond motifs is 1. The van der Waals surface area contributed by atoms with Gasteiger partial charge in [-0.3, -0.25) is 9.59 Å². The lowest BCUT2D eigenvalue weighted by atomic mass is 10.1. The van der Waals surface area contributed by atoms with Crippen LogP contribution >= 0.6 is 0 Å². The maximum absolute atomic E-state index is 11.8. The van der Waals surface area contributed by atoms with E-state index in [-0.39, 0.29) is 17.7 Å². The molecule has 1 atom stereocenters. The molecule has 0 spiro atoms. The molecule has 4 nitrogen and oxygen atoms in total. The molecule has 2 aliphatic heterocycles. The molecule has 0 bridgehead atoms. The van der Waals surface area contributed by atoms with Gasteiger partial charge in [-0.1, -0.05) is 20.3 Å². The van der Waals surface area contributed by atoms with Gasteiger partial charge in [0.1, 0.15) is 5.82 Å². The number of rotatable bonds is 5. The highest BCUT2D eigenvalue weighted by Crippen LogP contribution is 2.27. The minimum absolute atomic E-state index is 0.00374. The van der Waals surface area contributed by atoms with Crippen molar-refractivity contribution >= 4 is 11.7 Å². The second kappa shape index (κ2) is 5.55. The standard InChI is InChI=1S/C14H22N2O2/c1-10(2)5-3-7-14(18)15-13-9-12(17)11-6-4-8-16(11)13/h9-11H,3-8H2,1-2H3,(H,15,18)/t11-/m0/s1. The molecule has 2 rings (SSSR count). The molecular weight excluding hydrogens is 228 g/mol. The van der Waals surface area contributed by atoms with Gasteiger partial charge in [-0.15, -0.1) is 0 Å². The molecule has 4 heteroatoms. The van der Waals surface area contributed by atoms with Crippen LogP contribution in [0.15, 0.2) is 11.9 Å². The van der Waals surface area contributed by atoms with Crippen LogP contribution in [-0.4, -0.2) is 29.2 Å². The van der Waals surface area contributed by atoms with Crippen LogP contribution < -0.4 is 5.32 Å². The molecule has 2 aliphatic rings. The number of hydrogen-bond donors (Lipinski definition) is 1. The molecule has 0 aromatic rings. The van der Waals surface area contributed by atoms with Gasteiger partial charge in [0.2, 0.25) is 5.91 Å². The predicted molar refractivity (Wildman–Crippen MR) is 69.6 cm³/mol. The van der Waals surface area contributed by atoms with Gasteiger partial charge < -0.3 is 10.2 Å². The van der Waals surface area contributed by atoms with Crippen molar-refractivity contribution in [3.63, 3.8) is 0 Å². The van der Waals surface area contributed by atoms with Crippen molar-refractivity contribution in [2.45, 2.75) is 52.0 Å². The van der Waals surface area contributed by atoms with E-state index in [0.29, 0.717) is 12.3 Å². The number of nitrogens with one attached hydrogen (secondary N) is 1. The number of nitrogens with zero attached hydrogens (tertiary/aromatic N) is 1. The van der Waals surface area contributed by atoms with Crippen LogP contribution in [0.25, 0.3) is 0 Å². The van der Waals surface area contributed by atoms with Crippen LogP contribution in [-0.2, 0) is 9.59 Å². The first-order valence-electron chi connectivity index (χ1n) is 6.90. The van der Waals surface area contributed by atoms with Crippen molar-refractivity contribution in [2.75, 3.05) is 6.54 Å². The van der Waals surface area contributed by atoms with Crippen molar-refractivity contribution in [3.05, 3.63) is 11.9 Å². The molecule has 2 heterocycles. The van der Waals surface area contributed by atoms with E-state index in [4.69, 9.17) is 0 Å². The fourth-order valence-corrected chi connectivity index (χ4v) is 2.65. The summed E-state index contributed by atoms with van der Waals surface area (Å²) in [7, 11) is 0. The summed E-state index contributed by atoms with van der Waals surface area (Å²) in [6, 6.07) is -0.00374. The minimum Gasteiger partial charge on any atom is -0.348 e. The van der Waals surface area contributed by atoms with Crippen molar-refractivity contribution in [1.29, 1.82) is 0 Å². The molecule has 0 radical (unpaired) electrons. The zero-order valence-electron chi connectivity index (χ0n) is 11.2. The van der Waals surface area contributed by atoms with Gasteiger partial charge in [-0.2, -0.15) is 0 Å². The molecule has 1 fully saturated rings. The first kappa shape index (κ1) is 13.1. The Balaban J connectivity index is 1.81. The van der Waals surface area contributed by atoms with E-state index in [2.05, 4.69) is 19.2 Å². The lowest BCUT2D eigenvalue weighted by molar-refractivity contribution is -0.121. The van der Waals surface area contributed by atoms with Crippen LogP contribution in [0.3, 0.4) is 0 Å². The summed E-state index contributed by atoms with van der Waals surface area (Å²) < 4.78 is 0. The zero-order valence-corrected chi connectivity index (χ0v) is 11.2. The molecule has 1 saturated heterocycles. The molecule has 1 amide bonds. The van der Waals surface area contributed by atoms with Crippen LogP contribution in [0.2, 0.25) is 0 Å². The quantitative estimate of drug-likeness (QED) is 0.809. The normalized spacial score (nSPS) is 22.4. The van der Waals surface area contributed by atoms with E-state index in [1.54, 1.807) is 6.08 Å². The van der Waals surface area contributed by atoms with Crippen LogP contribution in [0, 0.1) is 5.92 Å². The Morgan fingerprint density at radius 1 is 1.56 bits per heavy atom. The van der Waals surface area contributed by atoms with E-state index in [9.17, 15) is 9.59 Å². The fraction of sp³-hybridized carbons (Fsp3) is 0.714. The van der Waals surface area contributed by atoms with Crippen molar-refractivity contribution < 1.29 is 9.59 Å². The van der Waals surface area contributed by atoms with Gasteiger partial charge in [0.05, 0.1) is 6.04 Å². The number of amides is 1. The van der Waals surface area contributed by atoms with E-state index in [1.807, 2.05) is 4.90 Å². The maximum Gasteiger partial charge on any atom is 0.225 e. The Hall–Kier alpha value is -1.32. The summed E-state index contributed by atoms with van der Waals surface area (Å²) >= 11 is 0. The van der Waals surface area contributed by atoms with E-state index in [1.165, 1.54) is 0 Å². The van der Waals surface area contributed by atoms with Gasteiger partial charge >= 0.3 is 0 Å². The molecule has 1 N–H and O–H groups in total. The fourth-order valence-electron chi connectivity index (χ4n) is 2.65. The summed E-state index contributed by atoms with van der Waals surface area (Å²) in [5.74, 6) is 1.53. The second-order valence-electron chi connectivity index (χ2n) is 5.62. The largest absolute Gasteiger partial charge is 0.348 e. The lowest BCUT2D eigenvalue weighted by Gasteiger charge is -2.21. The zero-order chi connectivity index (χ0) is 13.1. The first-order chi connectivity index (χ1) is 8.58. The van der Waals surface area contributed by atoms with Crippen molar-refractivity contribution in [3.8, 4) is 0 Å². The summed E-state index contributed by atoms with van der Waals surface area (Å²) in [5, 5.41) is 2.88. The third-order valence-corrected chi connectivity index (χ3v) is 3.62. The molecular formula is C14H22N2O2. The van der Waals surface area contributed by atoms with Gasteiger partial charge in [0.15, 0.2) is 5.78 Å². The highest BCUT2D eigenvalue weighted by molar-refractivity contribution is 5.98. The van der Waals surface area contributed by atoms with Crippen LogP contribution in [0.4, 0.5) is 0 Å². The average Bonchev–Trinajstić information content (AvgIpc) is 2.84. The molecule has 0 unspecified atom stereocenters. The van der Waals surface area contributed by atoms with Gasteiger partial charge in [0, 0.05) is 19.0 Å². The molecule has 0 aliphatic carbocycles. The Bertz CT molecular complexity index is 374. The Labute approximate surface area is 108 Å². The third-order valence-electron chi connectivity index (χ3n) is 3.62. The van der Waals surface area contributed by atoms with Gasteiger partial charge in [-0.05, 0) is 25.2 Å². The SMILES string of the molecule is CC(C)CCCC(=O)NC1=CC(=O)[C@@H]2CCCN12. The molecule has 100 valence electrons. The number of ketones is 1. The Morgan fingerprint density at radius 3 is 3.06 bits per heavy atom. The Kier molecular flexibility index (Phi) is 4.04. The summed E-state index contributed by atoms with van der Waals surface area (Å²) in [6.07, 6.45) is 6.07. The summed E-state index contributed by atoms with van der Waals surface area (Å²) in [4.78, 5) is 25.5. The summed E-state index contributed by atoms with van der Waals surface area (Å²) in [5.41, 5.74) is 0. The number of carbonyl (C=O) groups is 2. The van der Waals surface area contributed by atoms with E-state index in [0.717, 1.165) is 38.0 Å². The summed E-state index contributed by atoms with van der Waals surface area (Å²) in [6.45, 7) is 5.20. The highest BCUT2D eigenvalue weighted by atomic mass is 16.2. The molecule has 0 aromatic carbocycles. The topological polar surface area (TPSA) is 49.4 Å². The molecule has 0 aromatic heterocycles. The second-order valence-corrected chi connectivity index (χ2v) is 5.62. The number of hydrogen-bond acceptors (Lipinski definition) is 3. The van der Waals surface area contributed by atoms with Crippen LogP contribution in [0.5, 0.6) is 0 Å². The maximum atomic E-state index is 11.8. The first-order valence-corrected chi connectivity index (χ1v) is 6.90. The monoisotopic (exact) mass is 250 g/mol. The Morgan fingerprint density at radius 2 is 2.33 bits per heavy atom.